The predicted octanol–water partition coefficient (Wildman–Crippen LogP) is 0.695. The lowest BCUT2D eigenvalue weighted by Crippen LogP contribution is -3.06. The van der Waals surface area contributed by atoms with E-state index in [4.69, 9.17) is 9.47 Å². The first kappa shape index (κ1) is 20.4. The van der Waals surface area contributed by atoms with E-state index in [-0.39, 0.29) is 25.0 Å². The number of benzene rings is 2. The molecule has 144 valence electrons. The molecule has 3 N–H and O–H groups in total. The van der Waals surface area contributed by atoms with Crippen LogP contribution in [0.1, 0.15) is 0 Å². The average Bonchev–Trinajstić information content (AvgIpc) is 2.64. The standard InChI is InChI=1S/C20H25N3O4/c1-23(2)13-12-21-19(24)14-26-15-20(25)22-16-8-10-18(11-9-16)27-17-6-4-3-5-7-17/h3-11H,12-15H2,1-2H3,(H,21,24)(H,22,25)/p+1. The predicted molar refractivity (Wildman–Crippen MR) is 103 cm³/mol. The Hall–Kier alpha value is -2.90. The molecule has 0 unspecified atom stereocenters. The Morgan fingerprint density at radius 3 is 2.19 bits per heavy atom. The molecule has 0 radical (unpaired) electrons. The van der Waals surface area contributed by atoms with Crippen molar-refractivity contribution in [1.29, 1.82) is 0 Å². The van der Waals surface area contributed by atoms with E-state index < -0.39 is 0 Å². The van der Waals surface area contributed by atoms with Crippen molar-refractivity contribution in [3.05, 3.63) is 54.6 Å². The fourth-order valence-corrected chi connectivity index (χ4v) is 2.17. The van der Waals surface area contributed by atoms with Crippen LogP contribution in [0, 0.1) is 0 Å². The number of carbonyl (C=O) groups excluding carboxylic acids is 2. The highest BCUT2D eigenvalue weighted by Crippen LogP contribution is 2.22. The van der Waals surface area contributed by atoms with Crippen LogP contribution in [-0.4, -0.2) is 52.2 Å². The summed E-state index contributed by atoms with van der Waals surface area (Å²) in [6.45, 7) is 1.08. The van der Waals surface area contributed by atoms with Crippen molar-refractivity contribution in [3.63, 3.8) is 0 Å². The zero-order chi connectivity index (χ0) is 19.5. The lowest BCUT2D eigenvalue weighted by molar-refractivity contribution is -0.856. The van der Waals surface area contributed by atoms with Crippen LogP contribution >= 0.6 is 0 Å². The third-order valence-electron chi connectivity index (χ3n) is 3.53. The largest absolute Gasteiger partial charge is 0.457 e. The van der Waals surface area contributed by atoms with Gasteiger partial charge in [-0.2, -0.15) is 0 Å². The van der Waals surface area contributed by atoms with Gasteiger partial charge in [-0.3, -0.25) is 9.59 Å². The van der Waals surface area contributed by atoms with Gasteiger partial charge in [0.1, 0.15) is 24.7 Å². The normalized spacial score (nSPS) is 10.5. The highest BCUT2D eigenvalue weighted by molar-refractivity contribution is 5.91. The molecule has 2 aromatic carbocycles. The van der Waals surface area contributed by atoms with Gasteiger partial charge in [0.05, 0.1) is 27.2 Å². The number of nitrogens with one attached hydrogen (secondary N) is 3. The Morgan fingerprint density at radius 2 is 1.52 bits per heavy atom. The number of likely N-dealkylation sites (N-methyl/N-ethyl adjacent to an activating group) is 1. The van der Waals surface area contributed by atoms with E-state index in [2.05, 4.69) is 10.6 Å². The maximum atomic E-state index is 11.9. The molecule has 0 atom stereocenters. The SMILES string of the molecule is C[NH+](C)CCNC(=O)COCC(=O)Nc1ccc(Oc2ccccc2)cc1. The van der Waals surface area contributed by atoms with E-state index >= 15 is 0 Å². The summed E-state index contributed by atoms with van der Waals surface area (Å²) in [4.78, 5) is 24.7. The van der Waals surface area contributed by atoms with Gasteiger partial charge in [-0.25, -0.2) is 0 Å². The van der Waals surface area contributed by atoms with Crippen molar-refractivity contribution in [2.75, 3.05) is 45.7 Å². The maximum Gasteiger partial charge on any atom is 0.250 e. The molecule has 0 spiro atoms. The number of amides is 2. The van der Waals surface area contributed by atoms with Crippen LogP contribution in [0.2, 0.25) is 0 Å². The number of carbonyl (C=O) groups is 2. The van der Waals surface area contributed by atoms with E-state index in [0.29, 0.717) is 18.0 Å². The van der Waals surface area contributed by atoms with Gasteiger partial charge in [-0.1, -0.05) is 18.2 Å². The summed E-state index contributed by atoms with van der Waals surface area (Å²) in [5, 5.41) is 5.44. The molecule has 0 aliphatic rings. The molecule has 27 heavy (non-hydrogen) atoms. The first-order valence-electron chi connectivity index (χ1n) is 8.79. The number of rotatable bonds is 10. The molecule has 0 saturated heterocycles. The quantitative estimate of drug-likeness (QED) is 0.573. The van der Waals surface area contributed by atoms with Gasteiger partial charge in [0.2, 0.25) is 11.8 Å². The van der Waals surface area contributed by atoms with Gasteiger partial charge in [-0.05, 0) is 36.4 Å². The van der Waals surface area contributed by atoms with Gasteiger partial charge in [-0.15, -0.1) is 0 Å². The number of ether oxygens (including phenoxy) is 2. The second-order valence-corrected chi connectivity index (χ2v) is 6.29. The van der Waals surface area contributed by atoms with Crippen molar-refractivity contribution in [1.82, 2.24) is 5.32 Å². The van der Waals surface area contributed by atoms with Crippen LogP contribution in [0.4, 0.5) is 5.69 Å². The molecule has 7 heteroatoms. The van der Waals surface area contributed by atoms with Crippen molar-refractivity contribution in [3.8, 4) is 11.5 Å². The molecule has 2 amide bonds. The number of para-hydroxylation sites is 1. The maximum absolute atomic E-state index is 11.9. The summed E-state index contributed by atoms with van der Waals surface area (Å²) < 4.78 is 10.8. The molecule has 0 aliphatic heterocycles. The van der Waals surface area contributed by atoms with Crippen LogP contribution in [0.25, 0.3) is 0 Å². The van der Waals surface area contributed by atoms with Crippen molar-refractivity contribution in [2.24, 2.45) is 0 Å². The van der Waals surface area contributed by atoms with Crippen molar-refractivity contribution in [2.45, 2.75) is 0 Å². The summed E-state index contributed by atoms with van der Waals surface area (Å²) in [5.41, 5.74) is 0.627. The fourth-order valence-electron chi connectivity index (χ4n) is 2.17. The lowest BCUT2D eigenvalue weighted by Gasteiger charge is -2.09. The monoisotopic (exact) mass is 372 g/mol. The van der Waals surface area contributed by atoms with Crippen molar-refractivity contribution < 1.29 is 24.0 Å². The van der Waals surface area contributed by atoms with Crippen LogP contribution < -0.4 is 20.3 Å². The van der Waals surface area contributed by atoms with E-state index in [9.17, 15) is 9.59 Å². The molecule has 0 fully saturated rings. The van der Waals surface area contributed by atoms with E-state index in [1.807, 2.05) is 44.4 Å². The molecule has 0 heterocycles. The van der Waals surface area contributed by atoms with E-state index in [1.54, 1.807) is 24.3 Å². The molecule has 2 aromatic rings. The number of quaternary nitrogens is 1. The van der Waals surface area contributed by atoms with Gasteiger partial charge in [0.15, 0.2) is 0 Å². The van der Waals surface area contributed by atoms with Crippen LogP contribution in [0.3, 0.4) is 0 Å². The van der Waals surface area contributed by atoms with E-state index in [1.165, 1.54) is 4.90 Å². The first-order valence-corrected chi connectivity index (χ1v) is 8.79. The third kappa shape index (κ3) is 8.35. The summed E-state index contributed by atoms with van der Waals surface area (Å²) in [7, 11) is 4.01. The summed E-state index contributed by atoms with van der Waals surface area (Å²) >= 11 is 0. The molecular formula is C20H26N3O4+. The lowest BCUT2D eigenvalue weighted by atomic mass is 10.3. The minimum absolute atomic E-state index is 0.139. The Labute approximate surface area is 159 Å². The zero-order valence-corrected chi connectivity index (χ0v) is 15.7. The Bertz CT molecular complexity index is 718. The Balaban J connectivity index is 1.67. The molecule has 0 bridgehead atoms. The highest BCUT2D eigenvalue weighted by Gasteiger charge is 2.06. The zero-order valence-electron chi connectivity index (χ0n) is 15.7. The fraction of sp³-hybridized carbons (Fsp3) is 0.300. The van der Waals surface area contributed by atoms with E-state index in [0.717, 1.165) is 12.3 Å². The van der Waals surface area contributed by atoms with Crippen LogP contribution in [-0.2, 0) is 14.3 Å². The minimum atomic E-state index is -0.322. The molecule has 0 saturated carbocycles. The molecule has 2 rings (SSSR count). The summed E-state index contributed by atoms with van der Waals surface area (Å²) in [5.74, 6) is 0.864. The molecule has 0 aliphatic carbocycles. The molecule has 0 aromatic heterocycles. The smallest absolute Gasteiger partial charge is 0.250 e. The Kier molecular flexibility index (Phi) is 8.28. The molecular weight excluding hydrogens is 346 g/mol. The topological polar surface area (TPSA) is 81.1 Å². The number of anilines is 1. The Morgan fingerprint density at radius 1 is 0.889 bits per heavy atom. The van der Waals surface area contributed by atoms with Gasteiger partial charge in [0, 0.05) is 5.69 Å². The third-order valence-corrected chi connectivity index (χ3v) is 3.53. The van der Waals surface area contributed by atoms with Gasteiger partial charge < -0.3 is 25.0 Å². The summed E-state index contributed by atoms with van der Waals surface area (Å²) in [6, 6.07) is 16.5. The van der Waals surface area contributed by atoms with Crippen LogP contribution in [0.5, 0.6) is 11.5 Å². The molecule has 7 nitrogen and oxygen atoms in total. The van der Waals surface area contributed by atoms with Gasteiger partial charge >= 0.3 is 0 Å². The second-order valence-electron chi connectivity index (χ2n) is 6.29. The first-order chi connectivity index (χ1) is 13.0. The number of hydrogen-bond acceptors (Lipinski definition) is 4. The average molecular weight is 372 g/mol. The highest BCUT2D eigenvalue weighted by atomic mass is 16.5. The van der Waals surface area contributed by atoms with Crippen LogP contribution in [0.15, 0.2) is 54.6 Å². The summed E-state index contributed by atoms with van der Waals surface area (Å²) in [6.07, 6.45) is 0. The van der Waals surface area contributed by atoms with Gasteiger partial charge in [0.25, 0.3) is 0 Å². The second kappa shape index (κ2) is 10.9. The minimum Gasteiger partial charge on any atom is -0.457 e. The number of hydrogen-bond donors (Lipinski definition) is 3. The van der Waals surface area contributed by atoms with Crippen molar-refractivity contribution >= 4 is 17.5 Å².